The Bertz CT molecular complexity index is 208. The molecule has 2 aliphatic rings. The summed E-state index contributed by atoms with van der Waals surface area (Å²) in [5.41, 5.74) is 0.512. The van der Waals surface area contributed by atoms with Crippen molar-refractivity contribution in [3.05, 3.63) is 0 Å². The van der Waals surface area contributed by atoms with Crippen LogP contribution in [0.4, 0.5) is 0 Å². The van der Waals surface area contributed by atoms with Crippen LogP contribution in [-0.4, -0.2) is 35.7 Å². The van der Waals surface area contributed by atoms with Crippen LogP contribution in [0.25, 0.3) is 0 Å². The SMILES string of the molecule is CC(C)(C)N1CCCC2(CCCCO2)C1. The summed E-state index contributed by atoms with van der Waals surface area (Å²) in [6.07, 6.45) is 6.48. The van der Waals surface area contributed by atoms with Crippen LogP contribution in [0.15, 0.2) is 0 Å². The molecule has 0 amide bonds. The summed E-state index contributed by atoms with van der Waals surface area (Å²) in [7, 11) is 0. The number of piperidine rings is 1. The van der Waals surface area contributed by atoms with Crippen molar-refractivity contribution in [2.75, 3.05) is 19.7 Å². The molecule has 0 N–H and O–H groups in total. The Labute approximate surface area is 94.0 Å². The van der Waals surface area contributed by atoms with E-state index in [9.17, 15) is 0 Å². The lowest BCUT2D eigenvalue weighted by Gasteiger charge is -2.49. The van der Waals surface area contributed by atoms with Gasteiger partial charge >= 0.3 is 0 Å². The molecule has 2 nitrogen and oxygen atoms in total. The van der Waals surface area contributed by atoms with E-state index in [1.54, 1.807) is 0 Å². The van der Waals surface area contributed by atoms with E-state index < -0.39 is 0 Å². The molecule has 0 aromatic heterocycles. The highest BCUT2D eigenvalue weighted by molar-refractivity contribution is 4.94. The van der Waals surface area contributed by atoms with Crippen molar-refractivity contribution in [3.8, 4) is 0 Å². The molecular weight excluding hydrogens is 186 g/mol. The van der Waals surface area contributed by atoms with Crippen molar-refractivity contribution < 1.29 is 4.74 Å². The second kappa shape index (κ2) is 4.06. The van der Waals surface area contributed by atoms with Gasteiger partial charge in [0.05, 0.1) is 5.60 Å². The zero-order valence-electron chi connectivity index (χ0n) is 10.5. The van der Waals surface area contributed by atoms with Gasteiger partial charge in [0.25, 0.3) is 0 Å². The molecule has 0 radical (unpaired) electrons. The van der Waals surface area contributed by atoms with Crippen molar-refractivity contribution in [2.24, 2.45) is 0 Å². The minimum absolute atomic E-state index is 0.212. The lowest BCUT2D eigenvalue weighted by atomic mass is 9.84. The number of rotatable bonds is 0. The molecule has 2 aliphatic heterocycles. The van der Waals surface area contributed by atoms with Crippen LogP contribution in [0.1, 0.15) is 52.9 Å². The number of hydrogen-bond acceptors (Lipinski definition) is 2. The van der Waals surface area contributed by atoms with Crippen LogP contribution in [0.3, 0.4) is 0 Å². The Morgan fingerprint density at radius 2 is 1.80 bits per heavy atom. The number of likely N-dealkylation sites (tertiary alicyclic amines) is 1. The molecule has 0 bridgehead atoms. The Hall–Kier alpha value is -0.0800. The van der Waals surface area contributed by atoms with Crippen LogP contribution >= 0.6 is 0 Å². The molecule has 15 heavy (non-hydrogen) atoms. The standard InChI is InChI=1S/C13H25NO/c1-12(2,3)14-9-6-8-13(11-14)7-4-5-10-15-13/h4-11H2,1-3H3. The van der Waals surface area contributed by atoms with Crippen LogP contribution in [0.2, 0.25) is 0 Å². The normalized spacial score (nSPS) is 34.6. The van der Waals surface area contributed by atoms with Crippen LogP contribution < -0.4 is 0 Å². The molecule has 1 spiro atoms. The van der Waals surface area contributed by atoms with Crippen molar-refractivity contribution >= 4 is 0 Å². The predicted molar refractivity (Wildman–Crippen MR) is 63.1 cm³/mol. The number of ether oxygens (including phenoxy) is 1. The van der Waals surface area contributed by atoms with Gasteiger partial charge in [-0.3, -0.25) is 4.90 Å². The minimum Gasteiger partial charge on any atom is -0.374 e. The third-order valence-electron chi connectivity index (χ3n) is 3.92. The molecule has 2 fully saturated rings. The van der Waals surface area contributed by atoms with Crippen molar-refractivity contribution in [2.45, 2.75) is 64.0 Å². The zero-order chi connectivity index (χ0) is 10.9. The summed E-state index contributed by atoms with van der Waals surface area (Å²) in [6.45, 7) is 10.3. The second-order valence-electron chi connectivity index (χ2n) is 6.18. The Morgan fingerprint density at radius 3 is 2.40 bits per heavy atom. The van der Waals surface area contributed by atoms with Gasteiger partial charge in [-0.05, 0) is 59.4 Å². The van der Waals surface area contributed by atoms with Crippen LogP contribution in [0, 0.1) is 0 Å². The van der Waals surface area contributed by atoms with E-state index in [0.29, 0.717) is 5.54 Å². The number of nitrogens with zero attached hydrogens (tertiary/aromatic N) is 1. The summed E-state index contributed by atoms with van der Waals surface area (Å²) < 4.78 is 6.09. The van der Waals surface area contributed by atoms with Crippen molar-refractivity contribution in [1.82, 2.24) is 4.90 Å². The monoisotopic (exact) mass is 211 g/mol. The minimum atomic E-state index is 0.212. The first-order valence-electron chi connectivity index (χ1n) is 6.41. The van der Waals surface area contributed by atoms with Gasteiger partial charge in [-0.2, -0.15) is 0 Å². The topological polar surface area (TPSA) is 12.5 Å². The van der Waals surface area contributed by atoms with Gasteiger partial charge in [-0.25, -0.2) is 0 Å². The fraction of sp³-hybridized carbons (Fsp3) is 1.00. The van der Waals surface area contributed by atoms with Crippen LogP contribution in [-0.2, 0) is 4.74 Å². The number of hydrogen-bond donors (Lipinski definition) is 0. The van der Waals surface area contributed by atoms with E-state index in [-0.39, 0.29) is 5.60 Å². The Balaban J connectivity index is 2.02. The van der Waals surface area contributed by atoms with E-state index in [0.717, 1.165) is 13.2 Å². The van der Waals surface area contributed by atoms with Gasteiger partial charge in [0, 0.05) is 18.7 Å². The smallest absolute Gasteiger partial charge is 0.0809 e. The zero-order valence-corrected chi connectivity index (χ0v) is 10.5. The van der Waals surface area contributed by atoms with E-state index in [2.05, 4.69) is 25.7 Å². The highest BCUT2D eigenvalue weighted by Crippen LogP contribution is 2.35. The average Bonchev–Trinajstić information content (AvgIpc) is 2.18. The fourth-order valence-electron chi connectivity index (χ4n) is 2.90. The Morgan fingerprint density at radius 1 is 1.07 bits per heavy atom. The third-order valence-corrected chi connectivity index (χ3v) is 3.92. The fourth-order valence-corrected chi connectivity index (χ4v) is 2.90. The van der Waals surface area contributed by atoms with Gasteiger partial charge in [-0.1, -0.05) is 0 Å². The molecule has 0 aromatic carbocycles. The lowest BCUT2D eigenvalue weighted by molar-refractivity contribution is -0.129. The summed E-state index contributed by atoms with van der Waals surface area (Å²) in [6, 6.07) is 0. The second-order valence-corrected chi connectivity index (χ2v) is 6.18. The van der Waals surface area contributed by atoms with Crippen LogP contribution in [0.5, 0.6) is 0 Å². The first kappa shape index (κ1) is 11.4. The maximum Gasteiger partial charge on any atom is 0.0809 e. The van der Waals surface area contributed by atoms with Crippen molar-refractivity contribution in [1.29, 1.82) is 0 Å². The molecule has 2 saturated heterocycles. The molecule has 1 unspecified atom stereocenters. The molecule has 0 aliphatic carbocycles. The van der Waals surface area contributed by atoms with E-state index >= 15 is 0 Å². The molecule has 0 aromatic rings. The first-order chi connectivity index (χ1) is 7.02. The van der Waals surface area contributed by atoms with Gasteiger partial charge < -0.3 is 4.74 Å². The average molecular weight is 211 g/mol. The molecule has 0 saturated carbocycles. The quantitative estimate of drug-likeness (QED) is 0.611. The van der Waals surface area contributed by atoms with Gasteiger partial charge in [0.2, 0.25) is 0 Å². The highest BCUT2D eigenvalue weighted by Gasteiger charge is 2.40. The maximum absolute atomic E-state index is 6.09. The highest BCUT2D eigenvalue weighted by atomic mass is 16.5. The van der Waals surface area contributed by atoms with E-state index in [4.69, 9.17) is 4.74 Å². The third kappa shape index (κ3) is 2.54. The van der Waals surface area contributed by atoms with Crippen molar-refractivity contribution in [3.63, 3.8) is 0 Å². The molecule has 88 valence electrons. The van der Waals surface area contributed by atoms with E-state index in [1.165, 1.54) is 38.6 Å². The van der Waals surface area contributed by atoms with Gasteiger partial charge in [0.1, 0.15) is 0 Å². The van der Waals surface area contributed by atoms with E-state index in [1.807, 2.05) is 0 Å². The molecular formula is C13H25NO. The summed E-state index contributed by atoms with van der Waals surface area (Å²) in [4.78, 5) is 2.60. The summed E-state index contributed by atoms with van der Waals surface area (Å²) in [5.74, 6) is 0. The first-order valence-corrected chi connectivity index (χ1v) is 6.41. The maximum atomic E-state index is 6.09. The summed E-state index contributed by atoms with van der Waals surface area (Å²) in [5, 5.41) is 0. The Kier molecular flexibility index (Phi) is 3.09. The molecule has 2 heterocycles. The molecule has 2 heteroatoms. The lowest BCUT2D eigenvalue weighted by Crippen LogP contribution is -2.56. The molecule has 1 atom stereocenters. The summed E-state index contributed by atoms with van der Waals surface area (Å²) >= 11 is 0. The predicted octanol–water partition coefficient (Wildman–Crippen LogP) is 2.82. The molecule has 2 rings (SSSR count). The van der Waals surface area contributed by atoms with Gasteiger partial charge in [0.15, 0.2) is 0 Å². The largest absolute Gasteiger partial charge is 0.374 e. The van der Waals surface area contributed by atoms with Gasteiger partial charge in [-0.15, -0.1) is 0 Å².